The summed E-state index contributed by atoms with van der Waals surface area (Å²) in [7, 11) is 1.48. The Hall–Kier alpha value is -2.63. The molecule has 1 aromatic carbocycles. The van der Waals surface area contributed by atoms with Gasteiger partial charge >= 0.3 is 5.97 Å². The van der Waals surface area contributed by atoms with Gasteiger partial charge in [0.1, 0.15) is 12.1 Å². The molecule has 104 valence electrons. The molecule has 0 saturated heterocycles. The van der Waals surface area contributed by atoms with Crippen molar-refractivity contribution in [1.29, 1.82) is 0 Å². The third kappa shape index (κ3) is 2.85. The van der Waals surface area contributed by atoms with Gasteiger partial charge in [0.05, 0.1) is 5.56 Å². The van der Waals surface area contributed by atoms with Crippen molar-refractivity contribution in [2.24, 2.45) is 0 Å². The first-order valence-corrected chi connectivity index (χ1v) is 5.79. The van der Waals surface area contributed by atoms with Crippen LogP contribution in [0.2, 0.25) is 0 Å². The van der Waals surface area contributed by atoms with E-state index in [0.29, 0.717) is 5.56 Å². The van der Waals surface area contributed by atoms with E-state index in [1.165, 1.54) is 18.0 Å². The number of hydrogen-bond donors (Lipinski definition) is 1. The fourth-order valence-corrected chi connectivity index (χ4v) is 1.70. The maximum atomic E-state index is 13.5. The average Bonchev–Trinajstić information content (AvgIpc) is 2.90. The van der Waals surface area contributed by atoms with E-state index in [1.807, 2.05) is 0 Å². The summed E-state index contributed by atoms with van der Waals surface area (Å²) in [6, 6.07) is 7.26. The standard InChI is InChI=1S/C14H12FNO4/c1-16(7-9-4-2-3-5-11(9)15)13(17)12-6-10(8-20-12)14(18)19/h2-6,8H,7H2,1H3,(H,18,19). The molecule has 0 aliphatic rings. The Morgan fingerprint density at radius 3 is 2.65 bits per heavy atom. The zero-order valence-electron chi connectivity index (χ0n) is 10.7. The summed E-state index contributed by atoms with van der Waals surface area (Å²) in [5.74, 6) is -2.19. The van der Waals surface area contributed by atoms with Crippen molar-refractivity contribution in [2.75, 3.05) is 7.05 Å². The summed E-state index contributed by atoms with van der Waals surface area (Å²) in [6.45, 7) is 0.0641. The number of carboxylic acid groups (broad SMARTS) is 1. The molecule has 1 aromatic heterocycles. The van der Waals surface area contributed by atoms with Crippen molar-refractivity contribution in [1.82, 2.24) is 4.90 Å². The molecule has 0 atom stereocenters. The summed E-state index contributed by atoms with van der Waals surface area (Å²) in [4.78, 5) is 24.0. The van der Waals surface area contributed by atoms with Crippen molar-refractivity contribution in [2.45, 2.75) is 6.54 Å². The van der Waals surface area contributed by atoms with Gasteiger partial charge in [-0.15, -0.1) is 0 Å². The van der Waals surface area contributed by atoms with Crippen molar-refractivity contribution in [3.63, 3.8) is 0 Å². The smallest absolute Gasteiger partial charge is 0.338 e. The van der Waals surface area contributed by atoms with Crippen LogP contribution in [0.1, 0.15) is 26.5 Å². The van der Waals surface area contributed by atoms with Gasteiger partial charge in [-0.3, -0.25) is 4.79 Å². The molecule has 20 heavy (non-hydrogen) atoms. The molecule has 0 aliphatic carbocycles. The molecule has 6 heteroatoms. The molecule has 0 saturated carbocycles. The molecule has 2 aromatic rings. The van der Waals surface area contributed by atoms with E-state index >= 15 is 0 Å². The second-order valence-electron chi connectivity index (χ2n) is 4.26. The first-order valence-electron chi connectivity index (χ1n) is 5.79. The summed E-state index contributed by atoms with van der Waals surface area (Å²) < 4.78 is 18.4. The van der Waals surface area contributed by atoms with Crippen LogP contribution in [0.3, 0.4) is 0 Å². The molecule has 0 radical (unpaired) electrons. The van der Waals surface area contributed by atoms with Gasteiger partial charge in [-0.1, -0.05) is 18.2 Å². The lowest BCUT2D eigenvalue weighted by Crippen LogP contribution is -2.26. The van der Waals surface area contributed by atoms with E-state index in [0.717, 1.165) is 12.3 Å². The maximum Gasteiger partial charge on any atom is 0.338 e. The third-order valence-electron chi connectivity index (χ3n) is 2.77. The molecular weight excluding hydrogens is 265 g/mol. The number of carboxylic acids is 1. The van der Waals surface area contributed by atoms with Gasteiger partial charge in [-0.25, -0.2) is 9.18 Å². The zero-order chi connectivity index (χ0) is 14.7. The van der Waals surface area contributed by atoms with Gasteiger partial charge in [0.25, 0.3) is 5.91 Å². The van der Waals surface area contributed by atoms with Crippen molar-refractivity contribution in [3.8, 4) is 0 Å². The Morgan fingerprint density at radius 2 is 2.05 bits per heavy atom. The molecule has 1 heterocycles. The maximum absolute atomic E-state index is 13.5. The summed E-state index contributed by atoms with van der Waals surface area (Å²) >= 11 is 0. The van der Waals surface area contributed by atoms with Gasteiger partial charge in [-0.2, -0.15) is 0 Å². The van der Waals surface area contributed by atoms with Crippen LogP contribution in [-0.4, -0.2) is 28.9 Å². The number of benzene rings is 1. The normalized spacial score (nSPS) is 10.3. The largest absolute Gasteiger partial charge is 0.478 e. The van der Waals surface area contributed by atoms with Crippen LogP contribution in [-0.2, 0) is 6.54 Å². The number of hydrogen-bond acceptors (Lipinski definition) is 3. The SMILES string of the molecule is CN(Cc1ccccc1F)C(=O)c1cc(C(=O)O)co1. The van der Waals surface area contributed by atoms with Crippen LogP contribution < -0.4 is 0 Å². The number of furan rings is 1. The van der Waals surface area contributed by atoms with E-state index in [9.17, 15) is 14.0 Å². The van der Waals surface area contributed by atoms with Crippen LogP contribution in [0.4, 0.5) is 4.39 Å². The van der Waals surface area contributed by atoms with Crippen LogP contribution in [0, 0.1) is 5.82 Å². The molecule has 0 fully saturated rings. The summed E-state index contributed by atoms with van der Waals surface area (Å²) in [6.07, 6.45) is 0.993. The summed E-state index contributed by atoms with van der Waals surface area (Å²) in [5.41, 5.74) is 0.265. The predicted molar refractivity (Wildman–Crippen MR) is 67.9 cm³/mol. The summed E-state index contributed by atoms with van der Waals surface area (Å²) in [5, 5.41) is 8.76. The highest BCUT2D eigenvalue weighted by molar-refractivity contribution is 5.95. The van der Waals surface area contributed by atoms with Gasteiger partial charge in [0.2, 0.25) is 0 Å². The van der Waals surface area contributed by atoms with Crippen molar-refractivity contribution in [3.05, 3.63) is 59.3 Å². The number of nitrogens with zero attached hydrogens (tertiary/aromatic N) is 1. The van der Waals surface area contributed by atoms with Gasteiger partial charge in [-0.05, 0) is 6.07 Å². The zero-order valence-corrected chi connectivity index (χ0v) is 10.7. The molecule has 2 rings (SSSR count). The predicted octanol–water partition coefficient (Wildman–Crippen LogP) is 2.39. The van der Waals surface area contributed by atoms with Crippen LogP contribution in [0.5, 0.6) is 0 Å². The molecule has 0 spiro atoms. The second kappa shape index (κ2) is 5.56. The fourth-order valence-electron chi connectivity index (χ4n) is 1.70. The Morgan fingerprint density at radius 1 is 1.35 bits per heavy atom. The molecular formula is C14H12FNO4. The first kappa shape index (κ1) is 13.8. The number of rotatable bonds is 4. The lowest BCUT2D eigenvalue weighted by molar-refractivity contribution is 0.0695. The Bertz CT molecular complexity index is 650. The monoisotopic (exact) mass is 277 g/mol. The Kier molecular flexibility index (Phi) is 3.84. The molecule has 1 N–H and O–H groups in total. The average molecular weight is 277 g/mol. The molecule has 5 nitrogen and oxygen atoms in total. The van der Waals surface area contributed by atoms with E-state index in [-0.39, 0.29) is 17.9 Å². The van der Waals surface area contributed by atoms with Crippen molar-refractivity contribution >= 4 is 11.9 Å². The Labute approximate surface area is 114 Å². The minimum absolute atomic E-state index is 0.0641. The van der Waals surface area contributed by atoms with E-state index in [2.05, 4.69) is 0 Å². The highest BCUT2D eigenvalue weighted by atomic mass is 19.1. The van der Waals surface area contributed by atoms with E-state index in [4.69, 9.17) is 9.52 Å². The number of carbonyl (C=O) groups is 2. The third-order valence-corrected chi connectivity index (χ3v) is 2.77. The molecule has 0 aliphatic heterocycles. The molecule has 0 unspecified atom stereocenters. The molecule has 0 bridgehead atoms. The minimum Gasteiger partial charge on any atom is -0.478 e. The minimum atomic E-state index is -1.18. The van der Waals surface area contributed by atoms with Gasteiger partial charge in [0.15, 0.2) is 5.76 Å². The second-order valence-corrected chi connectivity index (χ2v) is 4.26. The lowest BCUT2D eigenvalue weighted by atomic mass is 10.2. The lowest BCUT2D eigenvalue weighted by Gasteiger charge is -2.16. The number of carbonyl (C=O) groups excluding carboxylic acids is 1. The molecule has 1 amide bonds. The van der Waals surface area contributed by atoms with Gasteiger partial charge < -0.3 is 14.4 Å². The number of halogens is 1. The van der Waals surface area contributed by atoms with Crippen LogP contribution in [0.25, 0.3) is 0 Å². The highest BCUT2D eigenvalue weighted by Gasteiger charge is 2.19. The fraction of sp³-hybridized carbons (Fsp3) is 0.143. The first-order chi connectivity index (χ1) is 9.49. The topological polar surface area (TPSA) is 70.8 Å². The van der Waals surface area contributed by atoms with E-state index in [1.54, 1.807) is 18.2 Å². The van der Waals surface area contributed by atoms with Crippen molar-refractivity contribution < 1.29 is 23.5 Å². The quantitative estimate of drug-likeness (QED) is 0.931. The number of amides is 1. The highest BCUT2D eigenvalue weighted by Crippen LogP contribution is 2.14. The van der Waals surface area contributed by atoms with Crippen LogP contribution in [0.15, 0.2) is 41.0 Å². The van der Waals surface area contributed by atoms with Crippen LogP contribution >= 0.6 is 0 Å². The number of aromatic carboxylic acids is 1. The van der Waals surface area contributed by atoms with E-state index < -0.39 is 17.7 Å². The van der Waals surface area contributed by atoms with Gasteiger partial charge in [0, 0.05) is 25.2 Å². The Balaban J connectivity index is 2.12.